The number of nitrogens with two attached hydrogens (primary N) is 1. The molecule has 5 heteroatoms. The first kappa shape index (κ1) is 11.8. The Bertz CT molecular complexity index is 258. The molecule has 3 atom stereocenters. The van der Waals surface area contributed by atoms with Crippen LogP contribution < -0.4 is 11.3 Å². The summed E-state index contributed by atoms with van der Waals surface area (Å²) in [6.45, 7) is 2.07. The lowest BCUT2D eigenvalue weighted by molar-refractivity contribution is -0.122. The highest BCUT2D eigenvalue weighted by Gasteiger charge is 2.42. The Hall–Kier alpha value is -0.650. The van der Waals surface area contributed by atoms with E-state index in [0.29, 0.717) is 18.5 Å². The number of piperidine rings is 1. The quantitative estimate of drug-likeness (QED) is 0.353. The third-order valence-electron chi connectivity index (χ3n) is 3.92. The molecule has 2 fully saturated rings. The van der Waals surface area contributed by atoms with Gasteiger partial charge in [-0.05, 0) is 32.6 Å². The molecular weight excluding hydrogens is 206 g/mol. The molecule has 2 rings (SSSR count). The molecule has 2 bridgehead atoms. The molecule has 92 valence electrons. The molecule has 0 spiro atoms. The second kappa shape index (κ2) is 4.69. The predicted octanol–water partition coefficient (Wildman–Crippen LogP) is -0.257. The maximum Gasteiger partial charge on any atom is 0.235 e. The maximum absolute atomic E-state index is 11.3. The van der Waals surface area contributed by atoms with Crippen molar-refractivity contribution in [2.75, 3.05) is 0 Å². The number of nitrogens with zero attached hydrogens (tertiary/aromatic N) is 1. The molecule has 16 heavy (non-hydrogen) atoms. The SMILES string of the molecule is CC(CC(=O)NN)N1C2CCC1CC(O)C2. The molecule has 2 heterocycles. The Labute approximate surface area is 96.0 Å². The molecule has 3 unspecified atom stereocenters. The molecule has 1 amide bonds. The van der Waals surface area contributed by atoms with Gasteiger partial charge in [-0.2, -0.15) is 0 Å². The second-order valence-electron chi connectivity index (χ2n) is 5.08. The number of amides is 1. The van der Waals surface area contributed by atoms with Crippen molar-refractivity contribution in [2.24, 2.45) is 5.84 Å². The Kier molecular flexibility index (Phi) is 3.47. The summed E-state index contributed by atoms with van der Waals surface area (Å²) in [5, 5.41) is 9.69. The number of nitrogens with one attached hydrogen (secondary N) is 1. The number of aliphatic hydroxyl groups is 1. The zero-order valence-corrected chi connectivity index (χ0v) is 9.72. The first-order valence-electron chi connectivity index (χ1n) is 6.06. The molecule has 2 saturated heterocycles. The van der Waals surface area contributed by atoms with Crippen LogP contribution in [0.2, 0.25) is 0 Å². The van der Waals surface area contributed by atoms with Gasteiger partial charge in [0, 0.05) is 24.5 Å². The molecule has 0 radical (unpaired) electrons. The highest BCUT2D eigenvalue weighted by molar-refractivity contribution is 5.75. The van der Waals surface area contributed by atoms with Crippen LogP contribution in [0.1, 0.15) is 39.0 Å². The van der Waals surface area contributed by atoms with E-state index in [1.807, 2.05) is 0 Å². The number of aliphatic hydroxyl groups excluding tert-OH is 1. The summed E-state index contributed by atoms with van der Waals surface area (Å²) in [4.78, 5) is 13.7. The first-order chi connectivity index (χ1) is 7.61. The van der Waals surface area contributed by atoms with E-state index in [9.17, 15) is 9.90 Å². The van der Waals surface area contributed by atoms with Crippen LogP contribution in [0.5, 0.6) is 0 Å². The van der Waals surface area contributed by atoms with Crippen LogP contribution in [0.3, 0.4) is 0 Å². The van der Waals surface area contributed by atoms with Gasteiger partial charge < -0.3 is 5.11 Å². The van der Waals surface area contributed by atoms with Crippen molar-refractivity contribution >= 4 is 5.91 Å². The van der Waals surface area contributed by atoms with Gasteiger partial charge in [0.25, 0.3) is 0 Å². The van der Waals surface area contributed by atoms with Gasteiger partial charge >= 0.3 is 0 Å². The smallest absolute Gasteiger partial charge is 0.235 e. The van der Waals surface area contributed by atoms with E-state index in [1.165, 1.54) is 0 Å². The minimum Gasteiger partial charge on any atom is -0.393 e. The van der Waals surface area contributed by atoms with Crippen LogP contribution in [0.25, 0.3) is 0 Å². The average Bonchev–Trinajstić information content (AvgIpc) is 2.51. The van der Waals surface area contributed by atoms with E-state index < -0.39 is 0 Å². The number of hydrogen-bond donors (Lipinski definition) is 3. The lowest BCUT2D eigenvalue weighted by atomic mass is 9.97. The van der Waals surface area contributed by atoms with Crippen molar-refractivity contribution in [1.29, 1.82) is 0 Å². The number of carbonyl (C=O) groups excluding carboxylic acids is 1. The lowest BCUT2D eigenvalue weighted by Gasteiger charge is -2.40. The average molecular weight is 227 g/mol. The van der Waals surface area contributed by atoms with Gasteiger partial charge in [-0.15, -0.1) is 0 Å². The third-order valence-corrected chi connectivity index (χ3v) is 3.92. The minimum absolute atomic E-state index is 0.113. The zero-order chi connectivity index (χ0) is 11.7. The molecule has 0 aromatic rings. The molecule has 4 N–H and O–H groups in total. The van der Waals surface area contributed by atoms with Gasteiger partial charge in [0.05, 0.1) is 6.10 Å². The zero-order valence-electron chi connectivity index (χ0n) is 9.72. The number of hydrazine groups is 1. The fourth-order valence-electron chi connectivity index (χ4n) is 3.34. The summed E-state index contributed by atoms with van der Waals surface area (Å²) >= 11 is 0. The van der Waals surface area contributed by atoms with Crippen LogP contribution in [0.4, 0.5) is 0 Å². The Morgan fingerprint density at radius 1 is 1.50 bits per heavy atom. The van der Waals surface area contributed by atoms with Gasteiger partial charge in [-0.3, -0.25) is 15.1 Å². The monoisotopic (exact) mass is 227 g/mol. The fourth-order valence-corrected chi connectivity index (χ4v) is 3.34. The van der Waals surface area contributed by atoms with Crippen molar-refractivity contribution in [1.82, 2.24) is 10.3 Å². The van der Waals surface area contributed by atoms with Gasteiger partial charge in [-0.1, -0.05) is 0 Å². The minimum atomic E-state index is -0.149. The number of rotatable bonds is 3. The molecular formula is C11H21N3O2. The summed E-state index contributed by atoms with van der Waals surface area (Å²) in [6.07, 6.45) is 4.30. The number of hydrogen-bond acceptors (Lipinski definition) is 4. The highest BCUT2D eigenvalue weighted by Crippen LogP contribution is 2.37. The van der Waals surface area contributed by atoms with E-state index >= 15 is 0 Å². The Morgan fingerprint density at radius 3 is 2.56 bits per heavy atom. The summed E-state index contributed by atoms with van der Waals surface area (Å²) in [7, 11) is 0. The Balaban J connectivity index is 1.97. The number of fused-ring (bicyclic) bond motifs is 2. The van der Waals surface area contributed by atoms with Gasteiger partial charge in [0.1, 0.15) is 0 Å². The van der Waals surface area contributed by atoms with Gasteiger partial charge in [0.2, 0.25) is 5.91 Å². The molecule has 0 aromatic heterocycles. The van der Waals surface area contributed by atoms with Crippen LogP contribution >= 0.6 is 0 Å². The van der Waals surface area contributed by atoms with Crippen molar-refractivity contribution in [2.45, 2.75) is 63.3 Å². The largest absolute Gasteiger partial charge is 0.393 e. The van der Waals surface area contributed by atoms with Crippen molar-refractivity contribution in [3.05, 3.63) is 0 Å². The fraction of sp³-hybridized carbons (Fsp3) is 0.909. The molecule has 2 aliphatic rings. The first-order valence-corrected chi connectivity index (χ1v) is 6.06. The molecule has 5 nitrogen and oxygen atoms in total. The third kappa shape index (κ3) is 2.21. The highest BCUT2D eigenvalue weighted by atomic mass is 16.3. The van der Waals surface area contributed by atoms with Crippen LogP contribution in [0.15, 0.2) is 0 Å². The molecule has 0 aromatic carbocycles. The number of carbonyl (C=O) groups is 1. The van der Waals surface area contributed by atoms with E-state index in [4.69, 9.17) is 5.84 Å². The molecule has 0 aliphatic carbocycles. The van der Waals surface area contributed by atoms with Crippen molar-refractivity contribution in [3.63, 3.8) is 0 Å². The Morgan fingerprint density at radius 2 is 2.06 bits per heavy atom. The second-order valence-corrected chi connectivity index (χ2v) is 5.08. The van der Waals surface area contributed by atoms with Crippen molar-refractivity contribution < 1.29 is 9.90 Å². The summed E-state index contributed by atoms with van der Waals surface area (Å²) < 4.78 is 0. The molecule has 2 aliphatic heterocycles. The van der Waals surface area contributed by atoms with E-state index in [0.717, 1.165) is 25.7 Å². The lowest BCUT2D eigenvalue weighted by Crippen LogP contribution is -2.50. The molecule has 0 saturated carbocycles. The van der Waals surface area contributed by atoms with E-state index in [-0.39, 0.29) is 18.1 Å². The van der Waals surface area contributed by atoms with Gasteiger partial charge in [-0.25, -0.2) is 5.84 Å². The topological polar surface area (TPSA) is 78.6 Å². The van der Waals surface area contributed by atoms with Crippen LogP contribution in [-0.4, -0.2) is 40.1 Å². The van der Waals surface area contributed by atoms with Crippen molar-refractivity contribution in [3.8, 4) is 0 Å². The van der Waals surface area contributed by atoms with E-state index in [2.05, 4.69) is 17.2 Å². The predicted molar refractivity (Wildman–Crippen MR) is 60.3 cm³/mol. The summed E-state index contributed by atoms with van der Waals surface area (Å²) in [6, 6.07) is 1.12. The normalized spacial score (nSPS) is 36.1. The standard InChI is InChI=1S/C11H21N3O2/c1-7(4-11(16)13-12)14-8-2-3-9(14)6-10(15)5-8/h7-10,15H,2-6,12H2,1H3,(H,13,16). The van der Waals surface area contributed by atoms with Crippen LogP contribution in [0, 0.1) is 0 Å². The van der Waals surface area contributed by atoms with E-state index in [1.54, 1.807) is 0 Å². The maximum atomic E-state index is 11.3. The van der Waals surface area contributed by atoms with Crippen LogP contribution in [-0.2, 0) is 4.79 Å². The van der Waals surface area contributed by atoms with Gasteiger partial charge in [0.15, 0.2) is 0 Å². The summed E-state index contributed by atoms with van der Waals surface area (Å²) in [5.41, 5.74) is 2.18. The summed E-state index contributed by atoms with van der Waals surface area (Å²) in [5.74, 6) is 4.99.